The number of aryl methyl sites for hydroxylation is 2. The quantitative estimate of drug-likeness (QED) is 0.0882. The Morgan fingerprint density at radius 1 is 1.09 bits per heavy atom. The number of carbonyl (C=O) groups is 1. The Morgan fingerprint density at radius 3 is 2.31 bits per heavy atom. The molecule has 1 aliphatic heterocycles. The molecule has 3 aromatic rings. The predicted octanol–water partition coefficient (Wildman–Crippen LogP) is 7.72. The molecule has 1 saturated heterocycles. The number of nitrogens with zero attached hydrogens (tertiary/aromatic N) is 2. The van der Waals surface area contributed by atoms with Crippen molar-refractivity contribution >= 4 is 30.0 Å². The first kappa shape index (κ1) is 36.8. The minimum absolute atomic E-state index is 0.0166. The van der Waals surface area contributed by atoms with Crippen molar-refractivity contribution in [2.24, 2.45) is 5.73 Å². The maximum absolute atomic E-state index is 10.4. The van der Waals surface area contributed by atoms with E-state index in [4.69, 9.17) is 21.3 Å². The summed E-state index contributed by atoms with van der Waals surface area (Å²) in [6, 6.07) is 23.7. The van der Waals surface area contributed by atoms with E-state index in [2.05, 4.69) is 57.7 Å². The standard InChI is InChI=1S/C22H26N4OS.C8H11NO.C7H8/c1-13-9-15(11-16(10-13)21(26)27-20(25)14(2)24)17-7-6-8-19(18(17)12-23)28-22(3,4)5;1-2-4-8-5-3-6-9(8)7-10;1-7-5-3-2-4-6-7/h6-11,14,25-26H,24H2,1-5H3;7-8H,3,5-6H2,1H3;2-6H,1H3. The molecule has 0 spiro atoms. The van der Waals surface area contributed by atoms with Gasteiger partial charge in [-0.25, -0.2) is 0 Å². The van der Waals surface area contributed by atoms with Crippen LogP contribution in [0.25, 0.3) is 11.1 Å². The van der Waals surface area contributed by atoms with Gasteiger partial charge in [0.2, 0.25) is 18.2 Å². The molecule has 45 heavy (non-hydrogen) atoms. The molecule has 4 N–H and O–H groups in total. The average Bonchev–Trinajstić information content (AvgIpc) is 3.44. The molecule has 0 aliphatic carbocycles. The molecule has 1 aliphatic rings. The smallest absolute Gasteiger partial charge is 0.220 e. The van der Waals surface area contributed by atoms with Gasteiger partial charge in [-0.15, -0.1) is 17.7 Å². The Morgan fingerprint density at radius 2 is 1.78 bits per heavy atom. The summed E-state index contributed by atoms with van der Waals surface area (Å²) in [5.74, 6) is 5.52. The minimum Gasteiger partial charge on any atom is -0.424 e. The SMILES string of the molecule is CC#CC1CCCN1C=O.Cc1cc(C(=N)OC(=N)C(C)N)cc(-c2cccc(SC(C)(C)C)c2C#N)c1.Cc1ccccc1. The number of ether oxygens (including phenoxy) is 1. The molecule has 0 bridgehead atoms. The molecule has 1 amide bonds. The molecule has 0 aromatic heterocycles. The molecule has 0 saturated carbocycles. The molecular weight excluding hydrogens is 579 g/mol. The summed E-state index contributed by atoms with van der Waals surface area (Å²) in [7, 11) is 0. The van der Waals surface area contributed by atoms with Gasteiger partial charge in [0.1, 0.15) is 6.07 Å². The van der Waals surface area contributed by atoms with Gasteiger partial charge in [-0.1, -0.05) is 80.8 Å². The van der Waals surface area contributed by atoms with Crippen molar-refractivity contribution in [3.63, 3.8) is 0 Å². The second-order valence-electron chi connectivity index (χ2n) is 11.7. The summed E-state index contributed by atoms with van der Waals surface area (Å²) >= 11 is 1.66. The number of benzene rings is 3. The molecule has 1 fully saturated rings. The van der Waals surface area contributed by atoms with Crippen LogP contribution in [0.3, 0.4) is 0 Å². The normalized spacial score (nSPS) is 14.2. The van der Waals surface area contributed by atoms with Gasteiger partial charge in [-0.2, -0.15) is 5.26 Å². The lowest BCUT2D eigenvalue weighted by Gasteiger charge is -2.19. The summed E-state index contributed by atoms with van der Waals surface area (Å²) in [5.41, 5.74) is 10.7. The number of thioether (sulfide) groups is 1. The highest BCUT2D eigenvalue weighted by Crippen LogP contribution is 2.38. The highest BCUT2D eigenvalue weighted by atomic mass is 32.2. The molecule has 3 aromatic carbocycles. The molecular formula is C37H45N5O2S. The van der Waals surface area contributed by atoms with Crippen LogP contribution in [0.2, 0.25) is 0 Å². The van der Waals surface area contributed by atoms with Gasteiger partial charge >= 0.3 is 0 Å². The number of nitriles is 1. The second-order valence-corrected chi connectivity index (χ2v) is 13.6. The third kappa shape index (κ3) is 12.3. The van der Waals surface area contributed by atoms with Crippen LogP contribution >= 0.6 is 11.8 Å². The number of hydrogen-bond donors (Lipinski definition) is 3. The fraction of sp³-hybridized carbons (Fsp3) is 0.351. The summed E-state index contributed by atoms with van der Waals surface area (Å²) < 4.78 is 5.25. The Bertz CT molecular complexity index is 1560. The number of hydrogen-bond acceptors (Lipinski definition) is 7. The highest BCUT2D eigenvalue weighted by Gasteiger charge is 2.20. The Balaban J connectivity index is 0.000000334. The van der Waals surface area contributed by atoms with Gasteiger partial charge in [-0.05, 0) is 69.9 Å². The number of carbonyl (C=O) groups excluding carboxylic acids is 1. The molecule has 7 nitrogen and oxygen atoms in total. The van der Waals surface area contributed by atoms with Crippen molar-refractivity contribution < 1.29 is 9.53 Å². The molecule has 2 atom stereocenters. The number of rotatable bonds is 5. The zero-order valence-corrected chi connectivity index (χ0v) is 28.2. The van der Waals surface area contributed by atoms with Gasteiger partial charge < -0.3 is 15.4 Å². The van der Waals surface area contributed by atoms with Crippen molar-refractivity contribution in [2.45, 2.75) is 83.0 Å². The van der Waals surface area contributed by atoms with Crippen LogP contribution in [0, 0.1) is 47.8 Å². The maximum Gasteiger partial charge on any atom is 0.220 e. The Hall–Kier alpha value is -4.37. The Labute approximate surface area is 273 Å². The van der Waals surface area contributed by atoms with Crippen molar-refractivity contribution in [3.05, 3.63) is 89.0 Å². The summed E-state index contributed by atoms with van der Waals surface area (Å²) in [6.07, 6.45) is 3.03. The fourth-order valence-electron chi connectivity index (χ4n) is 4.40. The van der Waals surface area contributed by atoms with E-state index >= 15 is 0 Å². The van der Waals surface area contributed by atoms with Crippen LogP contribution in [-0.4, -0.2) is 46.5 Å². The van der Waals surface area contributed by atoms with E-state index in [0.29, 0.717) is 11.1 Å². The summed E-state index contributed by atoms with van der Waals surface area (Å²) in [4.78, 5) is 13.0. The van der Waals surface area contributed by atoms with Crippen LogP contribution in [0.1, 0.15) is 69.7 Å². The van der Waals surface area contributed by atoms with E-state index in [1.54, 1.807) is 30.5 Å². The van der Waals surface area contributed by atoms with Crippen molar-refractivity contribution in [2.75, 3.05) is 6.54 Å². The molecule has 4 rings (SSSR count). The third-order valence-electron chi connectivity index (χ3n) is 6.51. The first-order valence-electron chi connectivity index (χ1n) is 14.9. The molecule has 8 heteroatoms. The summed E-state index contributed by atoms with van der Waals surface area (Å²) in [5, 5.41) is 25.7. The Kier molecular flexibility index (Phi) is 14.6. The average molecular weight is 624 g/mol. The van der Waals surface area contributed by atoms with Crippen LogP contribution < -0.4 is 5.73 Å². The van der Waals surface area contributed by atoms with E-state index in [9.17, 15) is 10.1 Å². The topological polar surface area (TPSA) is 127 Å². The lowest BCUT2D eigenvalue weighted by atomic mass is 9.96. The third-order valence-corrected chi connectivity index (χ3v) is 7.68. The van der Waals surface area contributed by atoms with E-state index in [0.717, 1.165) is 47.4 Å². The van der Waals surface area contributed by atoms with Crippen molar-refractivity contribution in [1.29, 1.82) is 16.1 Å². The van der Waals surface area contributed by atoms with Crippen molar-refractivity contribution in [3.8, 4) is 29.0 Å². The largest absolute Gasteiger partial charge is 0.424 e. The number of amides is 1. The van der Waals surface area contributed by atoms with Gasteiger partial charge in [0, 0.05) is 27.3 Å². The van der Waals surface area contributed by atoms with Crippen LogP contribution in [0.4, 0.5) is 0 Å². The maximum atomic E-state index is 10.4. The second kappa shape index (κ2) is 17.8. The monoisotopic (exact) mass is 623 g/mol. The van der Waals surface area contributed by atoms with Crippen molar-refractivity contribution in [1.82, 2.24) is 4.90 Å². The first-order chi connectivity index (χ1) is 21.3. The number of likely N-dealkylation sites (tertiary alicyclic amines) is 1. The van der Waals surface area contributed by atoms with E-state index in [-0.39, 0.29) is 22.6 Å². The van der Waals surface area contributed by atoms with Gasteiger partial charge in [0.25, 0.3) is 0 Å². The molecule has 2 unspecified atom stereocenters. The zero-order chi connectivity index (χ0) is 33.6. The van der Waals surface area contributed by atoms with Crippen LogP contribution in [-0.2, 0) is 9.53 Å². The van der Waals surface area contributed by atoms with Gasteiger partial charge in [0.15, 0.2) is 0 Å². The highest BCUT2D eigenvalue weighted by molar-refractivity contribution is 8.00. The lowest BCUT2D eigenvalue weighted by molar-refractivity contribution is -0.118. The fourth-order valence-corrected chi connectivity index (χ4v) is 5.47. The molecule has 1 heterocycles. The zero-order valence-electron chi connectivity index (χ0n) is 27.4. The van der Waals surface area contributed by atoms with E-state index in [1.807, 2.05) is 61.5 Å². The van der Waals surface area contributed by atoms with E-state index in [1.165, 1.54) is 5.56 Å². The van der Waals surface area contributed by atoms with Crippen LogP contribution in [0.15, 0.2) is 71.6 Å². The van der Waals surface area contributed by atoms with E-state index < -0.39 is 6.04 Å². The molecule has 236 valence electrons. The minimum atomic E-state index is -0.582. The molecule has 0 radical (unpaired) electrons. The van der Waals surface area contributed by atoms with Gasteiger partial charge in [-0.3, -0.25) is 15.6 Å². The first-order valence-corrected chi connectivity index (χ1v) is 15.7. The number of nitrogens with two attached hydrogens (primary N) is 1. The van der Waals surface area contributed by atoms with Gasteiger partial charge in [0.05, 0.1) is 17.6 Å². The van der Waals surface area contributed by atoms with Crippen LogP contribution in [0.5, 0.6) is 0 Å². The predicted molar refractivity (Wildman–Crippen MR) is 187 cm³/mol. The summed E-state index contributed by atoms with van der Waals surface area (Å²) in [6.45, 7) is 14.7. The number of nitrogens with one attached hydrogen (secondary N) is 2. The lowest BCUT2D eigenvalue weighted by Crippen LogP contribution is -2.30.